The summed E-state index contributed by atoms with van der Waals surface area (Å²) in [5.74, 6) is 0.00828. The molecular weight excluding hydrogens is 240 g/mol. The third-order valence-electron chi connectivity index (χ3n) is 4.30. The van der Waals surface area contributed by atoms with Gasteiger partial charge in [-0.2, -0.15) is 5.10 Å². The van der Waals surface area contributed by atoms with E-state index in [4.69, 9.17) is 5.73 Å². The Balaban J connectivity index is 1.77. The monoisotopic (exact) mass is 262 g/mol. The first kappa shape index (κ1) is 12.5. The summed E-state index contributed by atoms with van der Waals surface area (Å²) in [5.41, 5.74) is 6.97. The van der Waals surface area contributed by atoms with Gasteiger partial charge in [0.2, 0.25) is 0 Å². The molecule has 0 aromatic carbocycles. The maximum atomic E-state index is 12.4. The minimum Gasteiger partial charge on any atom is -0.396 e. The molecule has 1 saturated heterocycles. The van der Waals surface area contributed by atoms with Crippen molar-refractivity contribution in [2.24, 2.45) is 0 Å². The molecule has 0 radical (unpaired) electrons. The first-order valence-corrected chi connectivity index (χ1v) is 7.39. The molecule has 5 heteroatoms. The molecule has 0 bridgehead atoms. The summed E-state index contributed by atoms with van der Waals surface area (Å²) in [6.07, 6.45) is 10.0. The molecule has 1 aromatic rings. The highest BCUT2D eigenvalue weighted by Gasteiger charge is 2.25. The number of nitrogens with zero attached hydrogens (tertiary/aromatic N) is 3. The lowest BCUT2D eigenvalue weighted by Gasteiger charge is -2.26. The number of hydrogen-bond donors (Lipinski definition) is 1. The van der Waals surface area contributed by atoms with E-state index in [9.17, 15) is 4.79 Å². The molecule has 2 heterocycles. The lowest BCUT2D eigenvalue weighted by Crippen LogP contribution is -2.36. The van der Waals surface area contributed by atoms with Gasteiger partial charge >= 0.3 is 0 Å². The molecule has 2 fully saturated rings. The number of nitrogen functional groups attached to an aromatic ring is 1. The lowest BCUT2D eigenvalue weighted by atomic mass is 10.1. The van der Waals surface area contributed by atoms with E-state index in [1.165, 1.54) is 19.3 Å². The quantitative estimate of drug-likeness (QED) is 0.888. The molecule has 1 saturated carbocycles. The van der Waals surface area contributed by atoms with Crippen LogP contribution in [0.3, 0.4) is 0 Å². The summed E-state index contributed by atoms with van der Waals surface area (Å²) >= 11 is 0. The van der Waals surface area contributed by atoms with Crippen molar-refractivity contribution in [1.29, 1.82) is 0 Å². The van der Waals surface area contributed by atoms with Crippen LogP contribution in [0.4, 0.5) is 5.69 Å². The number of piperidine rings is 1. The van der Waals surface area contributed by atoms with Crippen LogP contribution in [0.2, 0.25) is 0 Å². The number of nitrogens with two attached hydrogens (primary N) is 1. The zero-order chi connectivity index (χ0) is 13.2. The van der Waals surface area contributed by atoms with Crippen LogP contribution in [0.15, 0.2) is 6.20 Å². The Kier molecular flexibility index (Phi) is 3.44. The van der Waals surface area contributed by atoms with Crippen LogP contribution in [0.1, 0.15) is 61.5 Å². The van der Waals surface area contributed by atoms with E-state index >= 15 is 0 Å². The van der Waals surface area contributed by atoms with E-state index in [0.717, 1.165) is 38.8 Å². The fraction of sp³-hybridized carbons (Fsp3) is 0.714. The molecular formula is C14H22N4O. The van der Waals surface area contributed by atoms with Crippen molar-refractivity contribution in [3.8, 4) is 0 Å². The number of likely N-dealkylation sites (tertiary alicyclic amines) is 1. The van der Waals surface area contributed by atoms with Crippen LogP contribution in [0.5, 0.6) is 0 Å². The van der Waals surface area contributed by atoms with Gasteiger partial charge in [0.1, 0.15) is 0 Å². The highest BCUT2D eigenvalue weighted by atomic mass is 16.2. The minimum absolute atomic E-state index is 0.00828. The third kappa shape index (κ3) is 2.46. The van der Waals surface area contributed by atoms with Crippen molar-refractivity contribution in [2.45, 2.75) is 51.0 Å². The molecule has 3 rings (SSSR count). The van der Waals surface area contributed by atoms with E-state index in [2.05, 4.69) is 5.10 Å². The summed E-state index contributed by atoms with van der Waals surface area (Å²) in [5, 5.41) is 4.47. The fourth-order valence-electron chi connectivity index (χ4n) is 3.17. The van der Waals surface area contributed by atoms with Crippen molar-refractivity contribution in [1.82, 2.24) is 14.7 Å². The molecule has 0 spiro atoms. The first-order valence-electron chi connectivity index (χ1n) is 7.39. The number of amides is 1. The molecule has 2 aliphatic rings. The normalized spacial score (nSPS) is 20.9. The van der Waals surface area contributed by atoms with E-state index in [1.807, 2.05) is 15.8 Å². The number of carbonyl (C=O) groups excluding carboxylic acids is 1. The SMILES string of the molecule is Nc1cn(C2CCCC2)nc1C(=O)N1CCCCC1. The second-order valence-corrected chi connectivity index (χ2v) is 5.70. The Hall–Kier alpha value is -1.52. The van der Waals surface area contributed by atoms with Crippen molar-refractivity contribution in [3.63, 3.8) is 0 Å². The molecule has 0 unspecified atom stereocenters. The van der Waals surface area contributed by atoms with Crippen LogP contribution in [0, 0.1) is 0 Å². The molecule has 19 heavy (non-hydrogen) atoms. The third-order valence-corrected chi connectivity index (χ3v) is 4.30. The minimum atomic E-state index is 0.00828. The fourth-order valence-corrected chi connectivity index (χ4v) is 3.17. The predicted octanol–water partition coefficient (Wildman–Crippen LogP) is 2.21. The van der Waals surface area contributed by atoms with E-state index in [-0.39, 0.29) is 5.91 Å². The maximum Gasteiger partial charge on any atom is 0.276 e. The van der Waals surface area contributed by atoms with Gasteiger partial charge in [-0.1, -0.05) is 12.8 Å². The van der Waals surface area contributed by atoms with Crippen molar-refractivity contribution in [2.75, 3.05) is 18.8 Å². The number of aromatic nitrogens is 2. The Morgan fingerprint density at radius 2 is 1.84 bits per heavy atom. The van der Waals surface area contributed by atoms with Crippen molar-refractivity contribution in [3.05, 3.63) is 11.9 Å². The van der Waals surface area contributed by atoms with Gasteiger partial charge in [0, 0.05) is 19.3 Å². The molecule has 1 aromatic heterocycles. The predicted molar refractivity (Wildman–Crippen MR) is 73.9 cm³/mol. The van der Waals surface area contributed by atoms with Crippen molar-refractivity contribution >= 4 is 11.6 Å². The molecule has 1 amide bonds. The molecule has 104 valence electrons. The van der Waals surface area contributed by atoms with Gasteiger partial charge in [0.25, 0.3) is 5.91 Å². The van der Waals surface area contributed by atoms with Crippen LogP contribution >= 0.6 is 0 Å². The zero-order valence-corrected chi connectivity index (χ0v) is 11.3. The van der Waals surface area contributed by atoms with Crippen LogP contribution in [-0.2, 0) is 0 Å². The van der Waals surface area contributed by atoms with Gasteiger partial charge in [-0.05, 0) is 32.1 Å². The topological polar surface area (TPSA) is 64.2 Å². The maximum absolute atomic E-state index is 12.4. The number of rotatable bonds is 2. The zero-order valence-electron chi connectivity index (χ0n) is 11.3. The Labute approximate surface area is 113 Å². The van der Waals surface area contributed by atoms with Crippen LogP contribution in [0.25, 0.3) is 0 Å². The van der Waals surface area contributed by atoms with Crippen LogP contribution < -0.4 is 5.73 Å². The van der Waals surface area contributed by atoms with Gasteiger partial charge in [-0.15, -0.1) is 0 Å². The second-order valence-electron chi connectivity index (χ2n) is 5.70. The molecule has 1 aliphatic heterocycles. The Bertz CT molecular complexity index is 456. The molecule has 5 nitrogen and oxygen atoms in total. The largest absolute Gasteiger partial charge is 0.396 e. The molecule has 0 atom stereocenters. The molecule has 2 N–H and O–H groups in total. The first-order chi connectivity index (χ1) is 9.25. The Morgan fingerprint density at radius 3 is 2.53 bits per heavy atom. The Morgan fingerprint density at radius 1 is 1.16 bits per heavy atom. The molecule has 1 aliphatic carbocycles. The van der Waals surface area contributed by atoms with E-state index < -0.39 is 0 Å². The van der Waals surface area contributed by atoms with Gasteiger partial charge < -0.3 is 10.6 Å². The summed E-state index contributed by atoms with van der Waals surface area (Å²) in [4.78, 5) is 14.3. The lowest BCUT2D eigenvalue weighted by molar-refractivity contribution is 0.0718. The van der Waals surface area contributed by atoms with Crippen LogP contribution in [-0.4, -0.2) is 33.7 Å². The average Bonchev–Trinajstić information content (AvgIpc) is 3.08. The van der Waals surface area contributed by atoms with Gasteiger partial charge in [0.05, 0.1) is 11.7 Å². The summed E-state index contributed by atoms with van der Waals surface area (Å²) in [6, 6.07) is 0.435. The second kappa shape index (κ2) is 5.23. The van der Waals surface area contributed by atoms with Crippen molar-refractivity contribution < 1.29 is 4.79 Å². The van der Waals surface area contributed by atoms with E-state index in [1.54, 1.807) is 0 Å². The number of anilines is 1. The van der Waals surface area contributed by atoms with Gasteiger partial charge in [-0.3, -0.25) is 9.48 Å². The van der Waals surface area contributed by atoms with Gasteiger partial charge in [-0.25, -0.2) is 0 Å². The standard InChI is InChI=1S/C14H22N4O/c15-12-10-18(11-6-2-3-7-11)16-13(12)14(19)17-8-4-1-5-9-17/h10-11H,1-9,15H2. The highest BCUT2D eigenvalue weighted by molar-refractivity contribution is 5.97. The van der Waals surface area contributed by atoms with Gasteiger partial charge in [0.15, 0.2) is 5.69 Å². The smallest absolute Gasteiger partial charge is 0.276 e. The number of carbonyl (C=O) groups is 1. The summed E-state index contributed by atoms with van der Waals surface area (Å²) < 4.78 is 1.92. The summed E-state index contributed by atoms with van der Waals surface area (Å²) in [7, 11) is 0. The number of hydrogen-bond acceptors (Lipinski definition) is 3. The summed E-state index contributed by atoms with van der Waals surface area (Å²) in [6.45, 7) is 1.68. The average molecular weight is 262 g/mol. The highest BCUT2D eigenvalue weighted by Crippen LogP contribution is 2.30. The van der Waals surface area contributed by atoms with E-state index in [0.29, 0.717) is 17.4 Å².